The molecule has 0 saturated carbocycles. The third-order valence-electron chi connectivity index (χ3n) is 4.21. The normalized spacial score (nSPS) is 11.4. The Balaban J connectivity index is 1.77. The summed E-state index contributed by atoms with van der Waals surface area (Å²) in [6, 6.07) is 15.4. The van der Waals surface area contributed by atoms with Crippen molar-refractivity contribution >= 4 is 21.6 Å². The molecule has 2 aromatic carbocycles. The van der Waals surface area contributed by atoms with Gasteiger partial charge in [-0.1, -0.05) is 37.6 Å². The largest absolute Gasteiger partial charge is 0.320 e. The molecule has 3 aromatic rings. The number of anilines is 1. The monoisotopic (exact) mass is 413 g/mol. The third-order valence-corrected chi connectivity index (χ3v) is 5.67. The van der Waals surface area contributed by atoms with Gasteiger partial charge in [0.25, 0.3) is 5.91 Å². The molecular formula is C20H23N5O3S. The maximum Gasteiger partial charge on any atom is 0.278 e. The van der Waals surface area contributed by atoms with E-state index in [4.69, 9.17) is 0 Å². The van der Waals surface area contributed by atoms with Crippen molar-refractivity contribution in [2.24, 2.45) is 0 Å². The van der Waals surface area contributed by atoms with Crippen molar-refractivity contribution < 1.29 is 13.2 Å². The number of hydrogen-bond acceptors (Lipinski definition) is 5. The van der Waals surface area contributed by atoms with Crippen LogP contribution in [-0.2, 0) is 10.0 Å². The van der Waals surface area contributed by atoms with Crippen molar-refractivity contribution in [1.29, 1.82) is 0 Å². The van der Waals surface area contributed by atoms with Crippen molar-refractivity contribution in [3.63, 3.8) is 0 Å². The lowest BCUT2D eigenvalue weighted by atomic mass is 10.3. The zero-order valence-electron chi connectivity index (χ0n) is 16.3. The standard InChI is InChI=1S/C20H23N5O3S/c1-3-4-13-21-29(27,28)18-12-8-9-16(14-18)22-20(26)19-15(2)23-25(24-19)17-10-6-5-7-11-17/h5-12,14,21H,3-4,13H2,1-2H3,(H,22,26). The van der Waals surface area contributed by atoms with Gasteiger partial charge in [0.05, 0.1) is 16.3 Å². The number of unbranched alkanes of at least 4 members (excludes halogenated alkanes) is 1. The smallest absolute Gasteiger partial charge is 0.278 e. The number of nitrogens with one attached hydrogen (secondary N) is 2. The summed E-state index contributed by atoms with van der Waals surface area (Å²) >= 11 is 0. The first-order valence-corrected chi connectivity index (χ1v) is 10.8. The Kier molecular flexibility index (Phi) is 6.40. The van der Waals surface area contributed by atoms with Crippen LogP contribution in [-0.4, -0.2) is 35.9 Å². The third kappa shape index (κ3) is 5.07. The van der Waals surface area contributed by atoms with Crippen molar-refractivity contribution in [3.8, 4) is 5.69 Å². The second kappa shape index (κ2) is 8.97. The molecule has 0 aliphatic carbocycles. The van der Waals surface area contributed by atoms with Crippen molar-refractivity contribution in [3.05, 3.63) is 66.0 Å². The molecule has 3 rings (SSSR count). The van der Waals surface area contributed by atoms with E-state index in [0.717, 1.165) is 18.5 Å². The molecule has 0 unspecified atom stereocenters. The molecule has 0 bridgehead atoms. The van der Waals surface area contributed by atoms with Gasteiger partial charge in [0, 0.05) is 12.2 Å². The van der Waals surface area contributed by atoms with Gasteiger partial charge in [0.1, 0.15) is 0 Å². The van der Waals surface area contributed by atoms with E-state index in [1.165, 1.54) is 16.9 Å². The number of hydrogen-bond donors (Lipinski definition) is 2. The number of para-hydroxylation sites is 1. The SMILES string of the molecule is CCCCNS(=O)(=O)c1cccc(NC(=O)c2nn(-c3ccccc3)nc2C)c1. The van der Waals surface area contributed by atoms with Crippen LogP contribution in [0.3, 0.4) is 0 Å². The van der Waals surface area contributed by atoms with Gasteiger partial charge in [0.15, 0.2) is 5.69 Å². The molecule has 152 valence electrons. The van der Waals surface area contributed by atoms with E-state index in [9.17, 15) is 13.2 Å². The van der Waals surface area contributed by atoms with Crippen LogP contribution in [0.4, 0.5) is 5.69 Å². The summed E-state index contributed by atoms with van der Waals surface area (Å²) in [5.74, 6) is -0.460. The summed E-state index contributed by atoms with van der Waals surface area (Å²) in [5.41, 5.74) is 1.74. The number of aromatic nitrogens is 3. The van der Waals surface area contributed by atoms with Crippen LogP contribution < -0.4 is 10.0 Å². The van der Waals surface area contributed by atoms with Gasteiger partial charge in [-0.2, -0.15) is 9.90 Å². The van der Waals surface area contributed by atoms with Crippen LogP contribution in [0.1, 0.15) is 35.9 Å². The average Bonchev–Trinajstić information content (AvgIpc) is 3.11. The van der Waals surface area contributed by atoms with Crippen molar-refractivity contribution in [2.45, 2.75) is 31.6 Å². The minimum atomic E-state index is -3.63. The number of rotatable bonds is 8. The van der Waals surface area contributed by atoms with Crippen LogP contribution in [0.2, 0.25) is 0 Å². The summed E-state index contributed by atoms with van der Waals surface area (Å²) in [7, 11) is -3.63. The molecule has 8 nitrogen and oxygen atoms in total. The summed E-state index contributed by atoms with van der Waals surface area (Å²) in [5, 5.41) is 11.2. The van der Waals surface area contributed by atoms with Crippen LogP contribution in [0, 0.1) is 6.92 Å². The van der Waals surface area contributed by atoms with E-state index in [0.29, 0.717) is 17.9 Å². The molecule has 0 saturated heterocycles. The average molecular weight is 414 g/mol. The molecule has 0 aliphatic heterocycles. The molecule has 1 aromatic heterocycles. The summed E-state index contributed by atoms with van der Waals surface area (Å²) in [6.45, 7) is 4.05. The molecule has 1 heterocycles. The topological polar surface area (TPSA) is 106 Å². The Labute approximate surface area is 170 Å². The zero-order valence-corrected chi connectivity index (χ0v) is 17.1. The van der Waals surface area contributed by atoms with Crippen molar-refractivity contribution in [1.82, 2.24) is 19.7 Å². The first kappa shape index (κ1) is 20.7. The lowest BCUT2D eigenvalue weighted by Gasteiger charge is -2.09. The number of sulfonamides is 1. The molecule has 2 N–H and O–H groups in total. The van der Waals surface area contributed by atoms with E-state index in [-0.39, 0.29) is 10.6 Å². The lowest BCUT2D eigenvalue weighted by molar-refractivity contribution is 0.102. The molecule has 0 radical (unpaired) electrons. The van der Waals surface area contributed by atoms with E-state index in [1.54, 1.807) is 19.1 Å². The lowest BCUT2D eigenvalue weighted by Crippen LogP contribution is -2.25. The maximum absolute atomic E-state index is 12.7. The van der Waals surface area contributed by atoms with Gasteiger partial charge in [-0.3, -0.25) is 4.79 Å². The summed E-state index contributed by atoms with van der Waals surface area (Å²) in [6.07, 6.45) is 1.65. The van der Waals surface area contributed by atoms with Crippen LogP contribution in [0.5, 0.6) is 0 Å². The maximum atomic E-state index is 12.7. The van der Waals surface area contributed by atoms with E-state index < -0.39 is 15.9 Å². The van der Waals surface area contributed by atoms with Gasteiger partial charge in [-0.15, -0.1) is 5.10 Å². The number of carbonyl (C=O) groups excluding carboxylic acids is 1. The number of aryl methyl sites for hydroxylation is 1. The van der Waals surface area contributed by atoms with Crippen LogP contribution in [0.15, 0.2) is 59.5 Å². The molecule has 0 spiro atoms. The van der Waals surface area contributed by atoms with Gasteiger partial charge in [-0.05, 0) is 43.7 Å². The van der Waals surface area contributed by atoms with Crippen LogP contribution in [0.25, 0.3) is 5.69 Å². The fourth-order valence-corrected chi connectivity index (χ4v) is 3.78. The Morgan fingerprint density at radius 1 is 1.07 bits per heavy atom. The highest BCUT2D eigenvalue weighted by atomic mass is 32.2. The zero-order chi connectivity index (χ0) is 20.9. The second-order valence-corrected chi connectivity index (χ2v) is 8.26. The summed E-state index contributed by atoms with van der Waals surface area (Å²) < 4.78 is 27.3. The summed E-state index contributed by atoms with van der Waals surface area (Å²) in [4.78, 5) is 14.1. The highest BCUT2D eigenvalue weighted by Crippen LogP contribution is 2.17. The number of amides is 1. The Morgan fingerprint density at radius 2 is 1.83 bits per heavy atom. The second-order valence-electron chi connectivity index (χ2n) is 6.49. The fraction of sp³-hybridized carbons (Fsp3) is 0.250. The Hall–Kier alpha value is -3.04. The number of benzene rings is 2. The molecule has 0 aliphatic rings. The van der Waals surface area contributed by atoms with Gasteiger partial charge < -0.3 is 5.32 Å². The van der Waals surface area contributed by atoms with E-state index in [2.05, 4.69) is 20.2 Å². The molecule has 0 atom stereocenters. The van der Waals surface area contributed by atoms with Gasteiger partial charge >= 0.3 is 0 Å². The number of nitrogens with zero attached hydrogens (tertiary/aromatic N) is 3. The quantitative estimate of drug-likeness (QED) is 0.552. The highest BCUT2D eigenvalue weighted by molar-refractivity contribution is 7.89. The molecule has 1 amide bonds. The number of carbonyl (C=O) groups is 1. The molecule has 9 heteroatoms. The Bertz CT molecular complexity index is 1090. The van der Waals surface area contributed by atoms with Crippen LogP contribution >= 0.6 is 0 Å². The molecule has 29 heavy (non-hydrogen) atoms. The minimum Gasteiger partial charge on any atom is -0.320 e. The van der Waals surface area contributed by atoms with E-state index in [1.807, 2.05) is 37.3 Å². The van der Waals surface area contributed by atoms with E-state index >= 15 is 0 Å². The van der Waals surface area contributed by atoms with Gasteiger partial charge in [0.2, 0.25) is 10.0 Å². The Morgan fingerprint density at radius 3 is 2.55 bits per heavy atom. The molecular weight excluding hydrogens is 390 g/mol. The first-order chi connectivity index (χ1) is 13.9. The predicted octanol–water partition coefficient (Wildman–Crippen LogP) is 2.91. The fourth-order valence-electron chi connectivity index (χ4n) is 2.66. The first-order valence-electron chi connectivity index (χ1n) is 9.31. The predicted molar refractivity (Wildman–Crippen MR) is 111 cm³/mol. The molecule has 0 fully saturated rings. The highest BCUT2D eigenvalue weighted by Gasteiger charge is 2.18. The minimum absolute atomic E-state index is 0.0936. The van der Waals surface area contributed by atoms with Crippen molar-refractivity contribution in [2.75, 3.05) is 11.9 Å². The van der Waals surface area contributed by atoms with Gasteiger partial charge in [-0.25, -0.2) is 13.1 Å².